The van der Waals surface area contributed by atoms with E-state index in [-0.39, 0.29) is 0 Å². The van der Waals surface area contributed by atoms with Crippen molar-refractivity contribution in [1.29, 1.82) is 0 Å². The van der Waals surface area contributed by atoms with E-state index in [4.69, 9.17) is 4.74 Å². The lowest BCUT2D eigenvalue weighted by Crippen LogP contribution is -2.17. The third kappa shape index (κ3) is 4.23. The van der Waals surface area contributed by atoms with E-state index in [0.29, 0.717) is 6.04 Å². The fraction of sp³-hybridized carbons (Fsp3) is 0.571. The summed E-state index contributed by atoms with van der Waals surface area (Å²) in [7, 11) is 0. The van der Waals surface area contributed by atoms with E-state index >= 15 is 0 Å². The molecule has 0 saturated carbocycles. The maximum atomic E-state index is 5.69. The first kappa shape index (κ1) is 13.0. The average Bonchev–Trinajstić information content (AvgIpc) is 2.30. The zero-order valence-corrected chi connectivity index (χ0v) is 10.6. The zero-order valence-electron chi connectivity index (χ0n) is 10.6. The maximum Gasteiger partial charge on any atom is 0.119 e. The summed E-state index contributed by atoms with van der Waals surface area (Å²) in [6.45, 7) is 8.28. The Balaban J connectivity index is 2.56. The Kier molecular flexibility index (Phi) is 5.94. The minimum Gasteiger partial charge on any atom is -0.494 e. The predicted octanol–water partition coefficient (Wildman–Crippen LogP) is 3.54. The Hall–Kier alpha value is -1.02. The van der Waals surface area contributed by atoms with Gasteiger partial charge in [0.1, 0.15) is 5.75 Å². The van der Waals surface area contributed by atoms with Gasteiger partial charge in [0.2, 0.25) is 0 Å². The number of unbranched alkanes of at least 4 members (excludes halogenated alkanes) is 1. The number of rotatable bonds is 7. The molecule has 2 nitrogen and oxygen atoms in total. The van der Waals surface area contributed by atoms with Crippen LogP contribution in [0.15, 0.2) is 24.3 Å². The Morgan fingerprint density at radius 1 is 1.31 bits per heavy atom. The normalized spacial score (nSPS) is 12.4. The number of benzene rings is 1. The highest BCUT2D eigenvalue weighted by Gasteiger charge is 2.04. The molecule has 1 atom stereocenters. The van der Waals surface area contributed by atoms with Gasteiger partial charge in [0.05, 0.1) is 6.61 Å². The molecule has 1 N–H and O–H groups in total. The summed E-state index contributed by atoms with van der Waals surface area (Å²) in [5, 5.41) is 3.40. The molecule has 0 amide bonds. The maximum absolute atomic E-state index is 5.69. The van der Waals surface area contributed by atoms with Gasteiger partial charge in [-0.2, -0.15) is 0 Å². The van der Waals surface area contributed by atoms with E-state index in [1.54, 1.807) is 0 Å². The van der Waals surface area contributed by atoms with Crippen molar-refractivity contribution in [3.05, 3.63) is 29.8 Å². The molecule has 0 saturated heterocycles. The molecule has 1 unspecified atom stereocenters. The lowest BCUT2D eigenvalue weighted by Gasteiger charge is -2.14. The molecule has 2 heteroatoms. The van der Waals surface area contributed by atoms with Crippen LogP contribution >= 0.6 is 0 Å². The highest BCUT2D eigenvalue weighted by atomic mass is 16.5. The molecular formula is C14H23NO. The van der Waals surface area contributed by atoms with Crippen molar-refractivity contribution < 1.29 is 4.74 Å². The van der Waals surface area contributed by atoms with Crippen LogP contribution in [0.4, 0.5) is 0 Å². The molecule has 16 heavy (non-hydrogen) atoms. The van der Waals surface area contributed by atoms with Crippen molar-refractivity contribution in [2.45, 2.75) is 39.7 Å². The van der Waals surface area contributed by atoms with Crippen LogP contribution in [0, 0.1) is 0 Å². The summed E-state index contributed by atoms with van der Waals surface area (Å²) < 4.78 is 5.69. The van der Waals surface area contributed by atoms with Gasteiger partial charge in [-0.3, -0.25) is 0 Å². The van der Waals surface area contributed by atoms with Crippen molar-refractivity contribution >= 4 is 0 Å². The molecule has 0 bridgehead atoms. The summed E-state index contributed by atoms with van der Waals surface area (Å²) in [5.74, 6) is 0.982. The number of nitrogens with one attached hydrogen (secondary N) is 1. The molecule has 1 rings (SSSR count). The third-order valence-corrected chi connectivity index (χ3v) is 2.64. The van der Waals surface area contributed by atoms with Crippen LogP contribution in [0.25, 0.3) is 0 Å². The second kappa shape index (κ2) is 7.29. The van der Waals surface area contributed by atoms with Crippen molar-refractivity contribution in [2.24, 2.45) is 0 Å². The first-order chi connectivity index (χ1) is 7.77. The Bertz CT molecular complexity index is 299. The largest absolute Gasteiger partial charge is 0.494 e. The first-order valence-corrected chi connectivity index (χ1v) is 6.24. The van der Waals surface area contributed by atoms with Gasteiger partial charge < -0.3 is 10.1 Å². The van der Waals surface area contributed by atoms with Crippen LogP contribution in [0.5, 0.6) is 5.75 Å². The van der Waals surface area contributed by atoms with Crippen LogP contribution in [-0.2, 0) is 0 Å². The summed E-state index contributed by atoms with van der Waals surface area (Å²) >= 11 is 0. The summed E-state index contributed by atoms with van der Waals surface area (Å²) in [5.41, 5.74) is 1.29. The number of ether oxygens (including phenoxy) is 1. The molecule has 0 heterocycles. The summed E-state index contributed by atoms with van der Waals surface area (Å²) in [6.07, 6.45) is 2.29. The van der Waals surface area contributed by atoms with Gasteiger partial charge in [-0.25, -0.2) is 0 Å². The van der Waals surface area contributed by atoms with Crippen molar-refractivity contribution in [3.63, 3.8) is 0 Å². The molecule has 1 aromatic rings. The van der Waals surface area contributed by atoms with Gasteiger partial charge in [-0.05, 0) is 37.6 Å². The molecule has 90 valence electrons. The Morgan fingerprint density at radius 3 is 2.81 bits per heavy atom. The van der Waals surface area contributed by atoms with E-state index in [1.165, 1.54) is 12.0 Å². The molecule has 1 aromatic carbocycles. The van der Waals surface area contributed by atoms with Gasteiger partial charge in [-0.15, -0.1) is 0 Å². The van der Waals surface area contributed by atoms with Gasteiger partial charge in [-0.1, -0.05) is 32.4 Å². The van der Waals surface area contributed by atoms with Crippen molar-refractivity contribution in [3.8, 4) is 5.75 Å². The lowest BCUT2D eigenvalue weighted by atomic mass is 10.1. The molecule has 0 spiro atoms. The second-order valence-electron chi connectivity index (χ2n) is 4.05. The van der Waals surface area contributed by atoms with E-state index in [1.807, 2.05) is 6.07 Å². The smallest absolute Gasteiger partial charge is 0.119 e. The Morgan fingerprint density at radius 2 is 2.12 bits per heavy atom. The molecule has 0 radical (unpaired) electrons. The monoisotopic (exact) mass is 221 g/mol. The van der Waals surface area contributed by atoms with Crippen LogP contribution < -0.4 is 10.1 Å². The van der Waals surface area contributed by atoms with Crippen LogP contribution in [-0.4, -0.2) is 13.2 Å². The molecule has 0 aliphatic rings. The van der Waals surface area contributed by atoms with Gasteiger partial charge in [0.25, 0.3) is 0 Å². The topological polar surface area (TPSA) is 21.3 Å². The molecule has 0 aliphatic heterocycles. The average molecular weight is 221 g/mol. The Labute approximate surface area is 99.0 Å². The quantitative estimate of drug-likeness (QED) is 0.711. The zero-order chi connectivity index (χ0) is 11.8. The molecule has 0 aromatic heterocycles. The van der Waals surface area contributed by atoms with Crippen molar-refractivity contribution in [2.75, 3.05) is 13.2 Å². The van der Waals surface area contributed by atoms with E-state index in [0.717, 1.165) is 25.3 Å². The first-order valence-electron chi connectivity index (χ1n) is 6.24. The van der Waals surface area contributed by atoms with E-state index < -0.39 is 0 Å². The predicted molar refractivity (Wildman–Crippen MR) is 68.9 cm³/mol. The van der Waals surface area contributed by atoms with E-state index in [2.05, 4.69) is 44.3 Å². The highest BCUT2D eigenvalue weighted by molar-refractivity contribution is 5.30. The van der Waals surface area contributed by atoms with Crippen LogP contribution in [0.1, 0.15) is 45.2 Å². The summed E-state index contributed by atoms with van der Waals surface area (Å²) in [4.78, 5) is 0. The standard InChI is InChI=1S/C14H23NO/c1-4-6-10-16-14-9-7-8-13(11-14)12(3)15-5-2/h7-9,11-12,15H,4-6,10H2,1-3H3. The minimum absolute atomic E-state index is 0.389. The number of hydrogen-bond donors (Lipinski definition) is 1. The summed E-state index contributed by atoms with van der Waals surface area (Å²) in [6, 6.07) is 8.74. The van der Waals surface area contributed by atoms with Crippen LogP contribution in [0.2, 0.25) is 0 Å². The molecular weight excluding hydrogens is 198 g/mol. The van der Waals surface area contributed by atoms with Crippen molar-refractivity contribution in [1.82, 2.24) is 5.32 Å². The second-order valence-corrected chi connectivity index (χ2v) is 4.05. The SMILES string of the molecule is CCCCOc1cccc(C(C)NCC)c1. The fourth-order valence-electron chi connectivity index (χ4n) is 1.63. The third-order valence-electron chi connectivity index (χ3n) is 2.64. The minimum atomic E-state index is 0.389. The van der Waals surface area contributed by atoms with E-state index in [9.17, 15) is 0 Å². The fourth-order valence-corrected chi connectivity index (χ4v) is 1.63. The molecule has 0 aliphatic carbocycles. The van der Waals surface area contributed by atoms with Crippen LogP contribution in [0.3, 0.4) is 0 Å². The highest BCUT2D eigenvalue weighted by Crippen LogP contribution is 2.19. The molecule has 0 fully saturated rings. The number of hydrogen-bond acceptors (Lipinski definition) is 2. The van der Waals surface area contributed by atoms with Gasteiger partial charge in [0, 0.05) is 6.04 Å². The van der Waals surface area contributed by atoms with Gasteiger partial charge in [0.15, 0.2) is 0 Å². The van der Waals surface area contributed by atoms with Gasteiger partial charge >= 0.3 is 0 Å². The lowest BCUT2D eigenvalue weighted by molar-refractivity contribution is 0.309.